The minimum atomic E-state index is -3.54. The first-order valence-corrected chi connectivity index (χ1v) is 10.5. The molecule has 2 aliphatic heterocycles. The van der Waals surface area contributed by atoms with Crippen molar-refractivity contribution in [3.8, 4) is 0 Å². The molecule has 0 radical (unpaired) electrons. The lowest BCUT2D eigenvalue weighted by Crippen LogP contribution is -2.41. The maximum atomic E-state index is 12.9. The summed E-state index contributed by atoms with van der Waals surface area (Å²) < 4.78 is 32.5. The SMILES string of the molecule is O=C(c1ccccc1)N1CCc2ccc(S(=O)(=O)N3CCOCC3)cc2C1. The number of morpholine rings is 1. The molecule has 0 spiro atoms. The summed E-state index contributed by atoms with van der Waals surface area (Å²) in [5, 5.41) is 0. The highest BCUT2D eigenvalue weighted by atomic mass is 32.2. The molecule has 142 valence electrons. The highest BCUT2D eigenvalue weighted by Gasteiger charge is 2.28. The summed E-state index contributed by atoms with van der Waals surface area (Å²) in [5.74, 6) is -0.0253. The van der Waals surface area contributed by atoms with Gasteiger partial charge in [0.1, 0.15) is 0 Å². The summed E-state index contributed by atoms with van der Waals surface area (Å²) in [6, 6.07) is 14.5. The van der Waals surface area contributed by atoms with Crippen molar-refractivity contribution >= 4 is 15.9 Å². The van der Waals surface area contributed by atoms with Crippen LogP contribution in [0.5, 0.6) is 0 Å². The number of benzene rings is 2. The number of nitrogens with zero attached hydrogens (tertiary/aromatic N) is 2. The van der Waals surface area contributed by atoms with Crippen LogP contribution in [0, 0.1) is 0 Å². The average Bonchev–Trinajstić information content (AvgIpc) is 2.73. The third-order valence-electron chi connectivity index (χ3n) is 5.11. The molecule has 0 aliphatic carbocycles. The largest absolute Gasteiger partial charge is 0.379 e. The summed E-state index contributed by atoms with van der Waals surface area (Å²) in [6.45, 7) is 2.65. The number of ether oxygens (including phenoxy) is 1. The third kappa shape index (κ3) is 3.63. The smallest absolute Gasteiger partial charge is 0.254 e. The molecule has 27 heavy (non-hydrogen) atoms. The molecule has 0 unspecified atom stereocenters. The van der Waals surface area contributed by atoms with Crippen molar-refractivity contribution in [1.82, 2.24) is 9.21 Å². The van der Waals surface area contributed by atoms with Gasteiger partial charge in [-0.3, -0.25) is 4.79 Å². The van der Waals surface area contributed by atoms with E-state index in [1.807, 2.05) is 24.3 Å². The second-order valence-electron chi connectivity index (χ2n) is 6.79. The van der Waals surface area contributed by atoms with Gasteiger partial charge in [0, 0.05) is 31.7 Å². The van der Waals surface area contributed by atoms with E-state index in [0.717, 1.165) is 17.5 Å². The molecule has 0 saturated carbocycles. The van der Waals surface area contributed by atoms with Crippen LogP contribution in [0.4, 0.5) is 0 Å². The predicted octanol–water partition coefficient (Wildman–Crippen LogP) is 1.91. The Bertz CT molecular complexity index is 938. The number of rotatable bonds is 3. The Morgan fingerprint density at radius 3 is 2.41 bits per heavy atom. The Kier molecular flexibility index (Phi) is 4.99. The number of carbonyl (C=O) groups is 1. The molecule has 0 N–H and O–H groups in total. The van der Waals surface area contributed by atoms with E-state index >= 15 is 0 Å². The second-order valence-corrected chi connectivity index (χ2v) is 8.73. The highest BCUT2D eigenvalue weighted by Crippen LogP contribution is 2.25. The molecule has 0 atom stereocenters. The van der Waals surface area contributed by atoms with Crippen molar-refractivity contribution in [3.05, 3.63) is 65.2 Å². The Hall–Kier alpha value is -2.22. The van der Waals surface area contributed by atoms with Crippen LogP contribution < -0.4 is 0 Å². The molecule has 1 saturated heterocycles. The zero-order chi connectivity index (χ0) is 18.9. The maximum absolute atomic E-state index is 12.9. The van der Waals surface area contributed by atoms with Gasteiger partial charge in [0.05, 0.1) is 18.1 Å². The number of fused-ring (bicyclic) bond motifs is 1. The number of amides is 1. The summed E-state index contributed by atoms with van der Waals surface area (Å²) in [5.41, 5.74) is 2.66. The van der Waals surface area contributed by atoms with E-state index in [0.29, 0.717) is 45.0 Å². The van der Waals surface area contributed by atoms with E-state index in [1.54, 1.807) is 29.2 Å². The van der Waals surface area contributed by atoms with E-state index < -0.39 is 10.0 Å². The van der Waals surface area contributed by atoms with E-state index in [9.17, 15) is 13.2 Å². The second kappa shape index (κ2) is 7.42. The Morgan fingerprint density at radius 1 is 0.926 bits per heavy atom. The molecule has 2 aromatic carbocycles. The van der Waals surface area contributed by atoms with E-state index in [4.69, 9.17) is 4.74 Å². The fourth-order valence-electron chi connectivity index (χ4n) is 3.57. The molecule has 2 aromatic rings. The predicted molar refractivity (Wildman–Crippen MR) is 101 cm³/mol. The van der Waals surface area contributed by atoms with Crippen LogP contribution in [0.1, 0.15) is 21.5 Å². The number of hydrogen-bond acceptors (Lipinski definition) is 4. The topological polar surface area (TPSA) is 66.9 Å². The summed E-state index contributed by atoms with van der Waals surface area (Å²) in [7, 11) is -3.54. The van der Waals surface area contributed by atoms with Gasteiger partial charge in [0.25, 0.3) is 5.91 Å². The van der Waals surface area contributed by atoms with Crippen molar-refractivity contribution in [2.24, 2.45) is 0 Å². The molecule has 2 aliphatic rings. The Balaban J connectivity index is 1.58. The van der Waals surface area contributed by atoms with Crippen LogP contribution in [0.2, 0.25) is 0 Å². The molecule has 7 heteroatoms. The lowest BCUT2D eigenvalue weighted by atomic mass is 9.99. The van der Waals surface area contributed by atoms with Gasteiger partial charge in [-0.1, -0.05) is 24.3 Å². The molecular weight excluding hydrogens is 364 g/mol. The monoisotopic (exact) mass is 386 g/mol. The summed E-state index contributed by atoms with van der Waals surface area (Å²) in [4.78, 5) is 14.8. The average molecular weight is 386 g/mol. The van der Waals surface area contributed by atoms with Crippen LogP contribution in [0.25, 0.3) is 0 Å². The van der Waals surface area contributed by atoms with Crippen molar-refractivity contribution < 1.29 is 17.9 Å². The lowest BCUT2D eigenvalue weighted by Gasteiger charge is -2.30. The van der Waals surface area contributed by atoms with Gasteiger partial charge >= 0.3 is 0 Å². The normalized spacial score (nSPS) is 18.1. The quantitative estimate of drug-likeness (QED) is 0.808. The number of carbonyl (C=O) groups excluding carboxylic acids is 1. The first-order chi connectivity index (χ1) is 13.1. The minimum Gasteiger partial charge on any atom is -0.379 e. The number of hydrogen-bond donors (Lipinski definition) is 0. The fraction of sp³-hybridized carbons (Fsp3) is 0.350. The van der Waals surface area contributed by atoms with Crippen molar-refractivity contribution in [2.45, 2.75) is 17.9 Å². The van der Waals surface area contributed by atoms with Gasteiger partial charge in [-0.05, 0) is 41.8 Å². The van der Waals surface area contributed by atoms with Crippen LogP contribution in [-0.4, -0.2) is 56.4 Å². The lowest BCUT2D eigenvalue weighted by molar-refractivity contribution is 0.0728. The zero-order valence-corrected chi connectivity index (χ0v) is 15.8. The van der Waals surface area contributed by atoms with E-state index in [1.165, 1.54) is 4.31 Å². The molecule has 2 heterocycles. The first-order valence-electron chi connectivity index (χ1n) is 9.10. The summed E-state index contributed by atoms with van der Waals surface area (Å²) in [6.07, 6.45) is 0.728. The summed E-state index contributed by atoms with van der Waals surface area (Å²) >= 11 is 0. The molecule has 1 fully saturated rings. The molecule has 0 bridgehead atoms. The van der Waals surface area contributed by atoms with Crippen LogP contribution in [0.3, 0.4) is 0 Å². The standard InChI is InChI=1S/C20H22N2O4S/c23-20(17-4-2-1-3-5-17)21-9-8-16-6-7-19(14-18(16)15-21)27(24,25)22-10-12-26-13-11-22/h1-7,14H,8-13,15H2. The first kappa shape index (κ1) is 18.2. The third-order valence-corrected chi connectivity index (χ3v) is 7.00. The van der Waals surface area contributed by atoms with Crippen LogP contribution in [0.15, 0.2) is 53.4 Å². The van der Waals surface area contributed by atoms with Crippen molar-refractivity contribution in [3.63, 3.8) is 0 Å². The van der Waals surface area contributed by atoms with Gasteiger partial charge in [-0.25, -0.2) is 8.42 Å². The maximum Gasteiger partial charge on any atom is 0.254 e. The van der Waals surface area contributed by atoms with E-state index in [2.05, 4.69) is 0 Å². The minimum absolute atomic E-state index is 0.0253. The Labute approximate surface area is 159 Å². The van der Waals surface area contributed by atoms with Gasteiger partial charge in [0.2, 0.25) is 10.0 Å². The van der Waals surface area contributed by atoms with E-state index in [-0.39, 0.29) is 10.8 Å². The number of sulfonamides is 1. The molecule has 6 nitrogen and oxygen atoms in total. The van der Waals surface area contributed by atoms with Crippen LogP contribution in [-0.2, 0) is 27.7 Å². The molecule has 4 rings (SSSR count). The molecule has 1 amide bonds. The molecular formula is C20H22N2O4S. The van der Waals surface area contributed by atoms with Crippen molar-refractivity contribution in [2.75, 3.05) is 32.8 Å². The van der Waals surface area contributed by atoms with Gasteiger partial charge in [-0.2, -0.15) is 4.31 Å². The van der Waals surface area contributed by atoms with Gasteiger partial charge in [-0.15, -0.1) is 0 Å². The molecule has 0 aromatic heterocycles. The highest BCUT2D eigenvalue weighted by molar-refractivity contribution is 7.89. The van der Waals surface area contributed by atoms with Gasteiger partial charge in [0.15, 0.2) is 0 Å². The van der Waals surface area contributed by atoms with Crippen LogP contribution >= 0.6 is 0 Å². The van der Waals surface area contributed by atoms with Gasteiger partial charge < -0.3 is 9.64 Å². The Morgan fingerprint density at radius 2 is 1.67 bits per heavy atom. The fourth-order valence-corrected chi connectivity index (χ4v) is 5.03. The van der Waals surface area contributed by atoms with Crippen molar-refractivity contribution in [1.29, 1.82) is 0 Å². The zero-order valence-electron chi connectivity index (χ0n) is 15.0.